The highest BCUT2D eigenvalue weighted by Gasteiger charge is 2.45. The molecule has 1 aliphatic rings. The minimum atomic E-state index is -0.233. The second-order valence-corrected chi connectivity index (χ2v) is 5.40. The van der Waals surface area contributed by atoms with Crippen LogP contribution in [0.5, 0.6) is 0 Å². The normalized spacial score (nSPS) is 23.1. The first kappa shape index (κ1) is 9.03. The SMILES string of the molecule is CC1(C)OC(C)(C)c2c(N)csc21. The fourth-order valence-corrected chi connectivity index (χ4v) is 3.34. The van der Waals surface area contributed by atoms with Crippen LogP contribution in [0.25, 0.3) is 0 Å². The molecule has 3 heteroatoms. The summed E-state index contributed by atoms with van der Waals surface area (Å²) in [7, 11) is 0. The van der Waals surface area contributed by atoms with E-state index in [1.54, 1.807) is 11.3 Å². The first-order chi connectivity index (χ1) is 5.84. The first-order valence-corrected chi connectivity index (χ1v) is 5.31. The van der Waals surface area contributed by atoms with Gasteiger partial charge >= 0.3 is 0 Å². The number of hydrogen-bond acceptors (Lipinski definition) is 3. The number of anilines is 1. The van der Waals surface area contributed by atoms with Gasteiger partial charge in [0, 0.05) is 21.5 Å². The smallest absolute Gasteiger partial charge is 0.0983 e. The molecule has 13 heavy (non-hydrogen) atoms. The van der Waals surface area contributed by atoms with Crippen LogP contribution in [0, 0.1) is 0 Å². The topological polar surface area (TPSA) is 35.2 Å². The van der Waals surface area contributed by atoms with Crippen molar-refractivity contribution in [3.05, 3.63) is 15.8 Å². The van der Waals surface area contributed by atoms with E-state index in [0.29, 0.717) is 0 Å². The van der Waals surface area contributed by atoms with Gasteiger partial charge in [0.05, 0.1) is 11.2 Å². The van der Waals surface area contributed by atoms with E-state index in [1.807, 2.05) is 5.38 Å². The summed E-state index contributed by atoms with van der Waals surface area (Å²) >= 11 is 1.70. The largest absolute Gasteiger partial charge is 0.398 e. The molecule has 1 aromatic heterocycles. The van der Waals surface area contributed by atoms with Crippen molar-refractivity contribution in [2.45, 2.75) is 38.9 Å². The van der Waals surface area contributed by atoms with Crippen molar-refractivity contribution in [2.24, 2.45) is 0 Å². The fraction of sp³-hybridized carbons (Fsp3) is 0.600. The van der Waals surface area contributed by atoms with Crippen LogP contribution in [0.15, 0.2) is 5.38 Å². The summed E-state index contributed by atoms with van der Waals surface area (Å²) in [6.45, 7) is 8.33. The summed E-state index contributed by atoms with van der Waals surface area (Å²) in [5, 5.41) is 2.01. The molecule has 0 saturated carbocycles. The summed E-state index contributed by atoms with van der Waals surface area (Å²) in [4.78, 5) is 1.27. The number of nitrogens with two attached hydrogens (primary N) is 1. The van der Waals surface area contributed by atoms with E-state index < -0.39 is 0 Å². The molecule has 72 valence electrons. The summed E-state index contributed by atoms with van der Waals surface area (Å²) in [5.74, 6) is 0. The molecule has 2 rings (SSSR count). The summed E-state index contributed by atoms with van der Waals surface area (Å²) in [6.07, 6.45) is 0. The van der Waals surface area contributed by atoms with Gasteiger partial charge in [-0.1, -0.05) is 0 Å². The Labute approximate surface area is 82.7 Å². The van der Waals surface area contributed by atoms with Gasteiger partial charge in [-0.25, -0.2) is 0 Å². The molecule has 0 unspecified atom stereocenters. The maximum Gasteiger partial charge on any atom is 0.0983 e. The molecule has 0 aliphatic carbocycles. The van der Waals surface area contributed by atoms with Crippen molar-refractivity contribution in [2.75, 3.05) is 5.73 Å². The molecule has 2 nitrogen and oxygen atoms in total. The Kier molecular flexibility index (Phi) is 1.58. The molecule has 0 saturated heterocycles. The Morgan fingerprint density at radius 3 is 2.38 bits per heavy atom. The Hall–Kier alpha value is -0.540. The minimum Gasteiger partial charge on any atom is -0.398 e. The van der Waals surface area contributed by atoms with Gasteiger partial charge in [0.2, 0.25) is 0 Å². The van der Waals surface area contributed by atoms with Gasteiger partial charge < -0.3 is 10.5 Å². The zero-order chi connectivity index (χ0) is 9.85. The molecule has 0 fully saturated rings. The Balaban J connectivity index is 2.67. The molecule has 1 aliphatic heterocycles. The van der Waals surface area contributed by atoms with Gasteiger partial charge in [-0.05, 0) is 27.7 Å². The molecule has 0 radical (unpaired) electrons. The van der Waals surface area contributed by atoms with Crippen LogP contribution in [-0.4, -0.2) is 0 Å². The lowest BCUT2D eigenvalue weighted by atomic mass is 9.97. The van der Waals surface area contributed by atoms with E-state index >= 15 is 0 Å². The van der Waals surface area contributed by atoms with Crippen molar-refractivity contribution < 1.29 is 4.74 Å². The van der Waals surface area contributed by atoms with Gasteiger partial charge in [-0.2, -0.15) is 0 Å². The average Bonchev–Trinajstić information content (AvgIpc) is 2.35. The van der Waals surface area contributed by atoms with Crippen molar-refractivity contribution >= 4 is 17.0 Å². The van der Waals surface area contributed by atoms with Crippen molar-refractivity contribution in [1.29, 1.82) is 0 Å². The highest BCUT2D eigenvalue weighted by Crippen LogP contribution is 2.51. The maximum absolute atomic E-state index is 5.96. The predicted octanol–water partition coefficient (Wildman–Crippen LogP) is 2.83. The van der Waals surface area contributed by atoms with Gasteiger partial charge in [-0.15, -0.1) is 11.3 Å². The molecule has 2 N–H and O–H groups in total. The lowest BCUT2D eigenvalue weighted by Gasteiger charge is -2.25. The van der Waals surface area contributed by atoms with E-state index in [9.17, 15) is 0 Å². The molecular weight excluding hydrogens is 182 g/mol. The molecule has 0 atom stereocenters. The van der Waals surface area contributed by atoms with Gasteiger partial charge in [0.1, 0.15) is 0 Å². The zero-order valence-corrected chi connectivity index (χ0v) is 9.29. The lowest BCUT2D eigenvalue weighted by Crippen LogP contribution is -2.23. The standard InChI is InChI=1S/C10H15NOS/c1-9(2)7-6(11)5-13-8(7)10(3,4)12-9/h5H,11H2,1-4H3. The van der Waals surface area contributed by atoms with Crippen LogP contribution in [-0.2, 0) is 15.9 Å². The Morgan fingerprint density at radius 2 is 1.85 bits per heavy atom. The fourth-order valence-electron chi connectivity index (χ4n) is 2.17. The predicted molar refractivity (Wildman–Crippen MR) is 55.9 cm³/mol. The Morgan fingerprint density at radius 1 is 1.23 bits per heavy atom. The van der Waals surface area contributed by atoms with Crippen LogP contribution >= 0.6 is 11.3 Å². The number of rotatable bonds is 0. The monoisotopic (exact) mass is 197 g/mol. The van der Waals surface area contributed by atoms with E-state index in [4.69, 9.17) is 10.5 Å². The molecule has 1 aromatic rings. The van der Waals surface area contributed by atoms with E-state index in [2.05, 4.69) is 27.7 Å². The third kappa shape index (κ3) is 1.11. The quantitative estimate of drug-likeness (QED) is 0.694. The molecule has 0 bridgehead atoms. The van der Waals surface area contributed by atoms with Crippen molar-refractivity contribution in [3.8, 4) is 0 Å². The van der Waals surface area contributed by atoms with E-state index in [1.165, 1.54) is 10.4 Å². The van der Waals surface area contributed by atoms with Crippen LogP contribution in [0.3, 0.4) is 0 Å². The van der Waals surface area contributed by atoms with Crippen molar-refractivity contribution in [1.82, 2.24) is 0 Å². The van der Waals surface area contributed by atoms with E-state index in [0.717, 1.165) is 5.69 Å². The zero-order valence-electron chi connectivity index (χ0n) is 8.47. The van der Waals surface area contributed by atoms with Crippen LogP contribution in [0.1, 0.15) is 38.1 Å². The second kappa shape index (κ2) is 2.28. The summed E-state index contributed by atoms with van der Waals surface area (Å²) in [6, 6.07) is 0. The van der Waals surface area contributed by atoms with Gasteiger partial charge in [0.25, 0.3) is 0 Å². The molecule has 2 heterocycles. The maximum atomic E-state index is 5.96. The molecular formula is C10H15NOS. The third-order valence-corrected chi connectivity index (χ3v) is 3.78. The molecule has 0 spiro atoms. The van der Waals surface area contributed by atoms with Gasteiger partial charge in [-0.3, -0.25) is 0 Å². The summed E-state index contributed by atoms with van der Waals surface area (Å²) < 4.78 is 5.96. The van der Waals surface area contributed by atoms with E-state index in [-0.39, 0.29) is 11.2 Å². The Bertz CT molecular complexity index is 352. The van der Waals surface area contributed by atoms with Gasteiger partial charge in [0.15, 0.2) is 0 Å². The number of fused-ring (bicyclic) bond motifs is 1. The van der Waals surface area contributed by atoms with Crippen LogP contribution < -0.4 is 5.73 Å². The minimum absolute atomic E-state index is 0.179. The van der Waals surface area contributed by atoms with Crippen molar-refractivity contribution in [3.63, 3.8) is 0 Å². The first-order valence-electron chi connectivity index (χ1n) is 4.43. The highest BCUT2D eigenvalue weighted by molar-refractivity contribution is 7.10. The number of hydrogen-bond donors (Lipinski definition) is 1. The third-order valence-electron chi connectivity index (χ3n) is 2.48. The summed E-state index contributed by atoms with van der Waals surface area (Å²) in [5.41, 5.74) is 7.56. The number of ether oxygens (including phenoxy) is 1. The molecule has 0 amide bonds. The second-order valence-electron chi connectivity index (χ2n) is 4.52. The van der Waals surface area contributed by atoms with Crippen LogP contribution in [0.4, 0.5) is 5.69 Å². The van der Waals surface area contributed by atoms with Crippen LogP contribution in [0.2, 0.25) is 0 Å². The average molecular weight is 197 g/mol. The lowest BCUT2D eigenvalue weighted by molar-refractivity contribution is -0.104. The number of nitrogen functional groups attached to an aromatic ring is 1. The molecule has 0 aromatic carbocycles. The highest BCUT2D eigenvalue weighted by atomic mass is 32.1. The number of thiophene rings is 1.